The lowest BCUT2D eigenvalue weighted by Crippen LogP contribution is -2.49. The van der Waals surface area contributed by atoms with Crippen molar-refractivity contribution in [2.45, 2.75) is 31.8 Å². The fraction of sp³-hybridized carbons (Fsp3) is 0.233. The Balaban J connectivity index is 1.38. The summed E-state index contributed by atoms with van der Waals surface area (Å²) >= 11 is 0. The van der Waals surface area contributed by atoms with E-state index in [1.54, 1.807) is 43.2 Å². The lowest BCUT2D eigenvalue weighted by atomic mass is 9.87. The maximum Gasteiger partial charge on any atom is 0.332 e. The van der Waals surface area contributed by atoms with Crippen molar-refractivity contribution < 1.29 is 19.1 Å². The standard InChI is InChI=1S/C30H28N4O4/c1-18(19-9-5-4-6-10-19)31-27(35)22-11-7-8-12-25(22)34-28(36)30(2)26-21(15-16-33(30)29(34)37)23-17-20(38-3)13-14-24(23)32-26/h4-14,17-18,32H,15-16H2,1-3H3,(H,31,35)/t18-,30-/m0/s1. The molecular weight excluding hydrogens is 480 g/mol. The maximum absolute atomic E-state index is 14.1. The minimum absolute atomic E-state index is 0.253. The van der Waals surface area contributed by atoms with Crippen LogP contribution in [-0.4, -0.2) is 41.4 Å². The molecule has 3 heterocycles. The Morgan fingerprint density at radius 1 is 1.05 bits per heavy atom. The van der Waals surface area contributed by atoms with Gasteiger partial charge < -0.3 is 19.9 Å². The highest BCUT2D eigenvalue weighted by atomic mass is 16.5. The summed E-state index contributed by atoms with van der Waals surface area (Å²) in [4.78, 5) is 47.5. The molecule has 1 saturated heterocycles. The van der Waals surface area contributed by atoms with Crippen molar-refractivity contribution in [2.75, 3.05) is 18.6 Å². The molecule has 6 rings (SSSR count). The van der Waals surface area contributed by atoms with Crippen molar-refractivity contribution >= 4 is 34.4 Å². The second-order valence-electron chi connectivity index (χ2n) is 9.91. The Bertz CT molecular complexity index is 1590. The predicted molar refractivity (Wildman–Crippen MR) is 144 cm³/mol. The molecule has 2 aliphatic heterocycles. The first-order chi connectivity index (χ1) is 18.3. The lowest BCUT2D eigenvalue weighted by molar-refractivity contribution is -0.125. The number of nitrogens with one attached hydrogen (secondary N) is 2. The number of H-pyrrole nitrogens is 1. The highest BCUT2D eigenvalue weighted by molar-refractivity contribution is 6.25. The molecule has 2 atom stereocenters. The molecule has 1 aromatic heterocycles. The molecule has 4 amide bonds. The summed E-state index contributed by atoms with van der Waals surface area (Å²) in [6.45, 7) is 4.06. The SMILES string of the molecule is COc1ccc2[nH]c3c(c2c1)CCN1C(=O)N(c2ccccc2C(=O)N[C@@H](C)c2ccccc2)C(=O)[C@]31C. The molecule has 0 radical (unpaired) electrons. The van der Waals surface area contributed by atoms with Crippen molar-refractivity contribution in [3.63, 3.8) is 0 Å². The van der Waals surface area contributed by atoms with Crippen LogP contribution in [-0.2, 0) is 16.8 Å². The van der Waals surface area contributed by atoms with E-state index < -0.39 is 17.5 Å². The first-order valence-corrected chi connectivity index (χ1v) is 12.6. The van der Waals surface area contributed by atoms with Gasteiger partial charge in [0.1, 0.15) is 5.75 Å². The van der Waals surface area contributed by atoms with Crippen molar-refractivity contribution in [3.8, 4) is 5.75 Å². The number of carbonyl (C=O) groups is 3. The smallest absolute Gasteiger partial charge is 0.332 e. The van der Waals surface area contributed by atoms with Crippen molar-refractivity contribution in [2.24, 2.45) is 0 Å². The van der Waals surface area contributed by atoms with E-state index in [-0.39, 0.29) is 23.2 Å². The second-order valence-corrected chi connectivity index (χ2v) is 9.91. The molecule has 0 spiro atoms. The van der Waals surface area contributed by atoms with Gasteiger partial charge in [0.25, 0.3) is 11.8 Å². The first-order valence-electron chi connectivity index (χ1n) is 12.6. The summed E-state index contributed by atoms with van der Waals surface area (Å²) in [6.07, 6.45) is 0.599. The molecule has 3 aromatic carbocycles. The summed E-state index contributed by atoms with van der Waals surface area (Å²) in [6, 6.07) is 21.4. The van der Waals surface area contributed by atoms with E-state index in [0.29, 0.717) is 18.7 Å². The number of fused-ring (bicyclic) bond motifs is 5. The van der Waals surface area contributed by atoms with Gasteiger partial charge >= 0.3 is 6.03 Å². The average Bonchev–Trinajstić information content (AvgIpc) is 3.41. The largest absolute Gasteiger partial charge is 0.497 e. The van der Waals surface area contributed by atoms with Crippen molar-refractivity contribution in [1.82, 2.24) is 15.2 Å². The van der Waals surface area contributed by atoms with Gasteiger partial charge in [0.05, 0.1) is 30.1 Å². The minimum atomic E-state index is -1.22. The number of ether oxygens (including phenoxy) is 1. The van der Waals surface area contributed by atoms with E-state index in [0.717, 1.165) is 32.7 Å². The van der Waals surface area contributed by atoms with Crippen LogP contribution in [0.4, 0.5) is 10.5 Å². The van der Waals surface area contributed by atoms with Gasteiger partial charge in [0.15, 0.2) is 5.54 Å². The molecular formula is C30H28N4O4. The van der Waals surface area contributed by atoms with Crippen LogP contribution >= 0.6 is 0 Å². The normalized spacial score (nSPS) is 19.3. The Labute approximate surface area is 220 Å². The third-order valence-corrected chi connectivity index (χ3v) is 7.80. The lowest BCUT2D eigenvalue weighted by Gasteiger charge is -2.35. The zero-order valence-electron chi connectivity index (χ0n) is 21.4. The second kappa shape index (κ2) is 8.76. The molecule has 192 valence electrons. The highest BCUT2D eigenvalue weighted by Gasteiger charge is 2.59. The number of carbonyl (C=O) groups excluding carboxylic acids is 3. The van der Waals surface area contributed by atoms with Crippen molar-refractivity contribution in [3.05, 3.63) is 95.2 Å². The van der Waals surface area contributed by atoms with Gasteiger partial charge in [-0.1, -0.05) is 42.5 Å². The number of rotatable bonds is 5. The molecule has 4 aromatic rings. The number of benzene rings is 3. The van der Waals surface area contributed by atoms with E-state index in [2.05, 4.69) is 10.3 Å². The van der Waals surface area contributed by atoms with E-state index in [1.807, 2.05) is 55.5 Å². The summed E-state index contributed by atoms with van der Waals surface area (Å²) in [5.74, 6) is -0.0173. The average molecular weight is 509 g/mol. The monoisotopic (exact) mass is 508 g/mol. The number of nitrogens with zero attached hydrogens (tertiary/aromatic N) is 2. The van der Waals surface area contributed by atoms with Crippen LogP contribution in [0.25, 0.3) is 10.9 Å². The molecule has 38 heavy (non-hydrogen) atoms. The molecule has 0 unspecified atom stereocenters. The van der Waals surface area contributed by atoms with E-state index in [9.17, 15) is 14.4 Å². The minimum Gasteiger partial charge on any atom is -0.497 e. The zero-order chi connectivity index (χ0) is 26.6. The number of hydrogen-bond acceptors (Lipinski definition) is 4. The zero-order valence-corrected chi connectivity index (χ0v) is 21.4. The Hall–Kier alpha value is -4.59. The van der Waals surface area contributed by atoms with E-state index in [4.69, 9.17) is 4.74 Å². The Kier molecular flexibility index (Phi) is 5.48. The number of urea groups is 1. The van der Waals surface area contributed by atoms with Gasteiger partial charge in [0, 0.05) is 17.4 Å². The fourth-order valence-corrected chi connectivity index (χ4v) is 5.72. The van der Waals surface area contributed by atoms with Gasteiger partial charge in [-0.2, -0.15) is 0 Å². The highest BCUT2D eigenvalue weighted by Crippen LogP contribution is 2.46. The summed E-state index contributed by atoms with van der Waals surface area (Å²) in [5.41, 5.74) is 2.86. The number of imide groups is 1. The first kappa shape index (κ1) is 23.8. The molecule has 0 bridgehead atoms. The molecule has 0 saturated carbocycles. The number of aromatic amines is 1. The van der Waals surface area contributed by atoms with Gasteiger partial charge in [-0.3, -0.25) is 9.59 Å². The summed E-state index contributed by atoms with van der Waals surface area (Å²) in [7, 11) is 1.62. The molecule has 0 aliphatic carbocycles. The molecule has 1 fully saturated rings. The summed E-state index contributed by atoms with van der Waals surface area (Å²) in [5, 5.41) is 3.98. The van der Waals surface area contributed by atoms with Crippen LogP contribution in [0, 0.1) is 0 Å². The van der Waals surface area contributed by atoms with Gasteiger partial charge in [-0.15, -0.1) is 0 Å². The number of methoxy groups -OCH3 is 1. The van der Waals surface area contributed by atoms with Gasteiger partial charge in [-0.25, -0.2) is 9.69 Å². The number of para-hydroxylation sites is 1. The van der Waals surface area contributed by atoms with Gasteiger partial charge in [-0.05, 0) is 61.7 Å². The quantitative estimate of drug-likeness (QED) is 0.375. The molecule has 2 aliphatic rings. The van der Waals surface area contributed by atoms with Crippen LogP contribution in [0.1, 0.15) is 47.1 Å². The number of anilines is 1. The topological polar surface area (TPSA) is 94.7 Å². The number of hydrogen-bond donors (Lipinski definition) is 2. The van der Waals surface area contributed by atoms with E-state index >= 15 is 0 Å². The van der Waals surface area contributed by atoms with Crippen molar-refractivity contribution in [1.29, 1.82) is 0 Å². The fourth-order valence-electron chi connectivity index (χ4n) is 5.72. The molecule has 8 heteroatoms. The van der Waals surface area contributed by atoms with Crippen LogP contribution in [0.15, 0.2) is 72.8 Å². The maximum atomic E-state index is 14.1. The van der Waals surface area contributed by atoms with Gasteiger partial charge in [0.2, 0.25) is 0 Å². The van der Waals surface area contributed by atoms with E-state index in [1.165, 1.54) is 0 Å². The third kappa shape index (κ3) is 3.40. The summed E-state index contributed by atoms with van der Waals surface area (Å²) < 4.78 is 5.41. The molecule has 2 N–H and O–H groups in total. The van der Waals surface area contributed by atoms with Crippen LogP contribution in [0.5, 0.6) is 5.75 Å². The predicted octanol–water partition coefficient (Wildman–Crippen LogP) is 4.91. The van der Waals surface area contributed by atoms with Crippen LogP contribution in [0.2, 0.25) is 0 Å². The molecule has 8 nitrogen and oxygen atoms in total. The number of aromatic nitrogens is 1. The van der Waals surface area contributed by atoms with Crippen LogP contribution < -0.4 is 15.0 Å². The Morgan fingerprint density at radius 3 is 2.55 bits per heavy atom. The number of amides is 4. The third-order valence-electron chi connectivity index (χ3n) is 7.80. The van der Waals surface area contributed by atoms with Crippen LogP contribution in [0.3, 0.4) is 0 Å². The Morgan fingerprint density at radius 2 is 1.79 bits per heavy atom.